The van der Waals surface area contributed by atoms with Crippen molar-refractivity contribution in [2.24, 2.45) is 0 Å². The minimum absolute atomic E-state index is 0.0703. The van der Waals surface area contributed by atoms with Crippen molar-refractivity contribution in [3.8, 4) is 0 Å². The highest BCUT2D eigenvalue weighted by Gasteiger charge is 2.42. The van der Waals surface area contributed by atoms with Gasteiger partial charge in [0.15, 0.2) is 0 Å². The third-order valence-corrected chi connectivity index (χ3v) is 5.62. The SMILES string of the molecule is BC1(CNC(=O)c2cc(CCOC)n3cccc(Cl)c23)CCCC(F)(F)C1. The summed E-state index contributed by atoms with van der Waals surface area (Å²) in [6.45, 7) is 0.740. The second-order valence-electron chi connectivity index (χ2n) is 7.75. The standard InChI is InChI=1S/C19H24BClF2N2O2/c1-27-9-5-13-10-14(16-15(21)4-2-8-25(13)16)17(26)24-12-18(20)6-3-7-19(22,23)11-18/h2,4,8,10H,3,5-7,9,11-12,20H2,1H3,(H,24,26). The Hall–Kier alpha value is -1.60. The lowest BCUT2D eigenvalue weighted by molar-refractivity contribution is -0.0477. The zero-order chi connectivity index (χ0) is 19.7. The van der Waals surface area contributed by atoms with Crippen molar-refractivity contribution < 1.29 is 18.3 Å². The van der Waals surface area contributed by atoms with E-state index in [1.54, 1.807) is 19.2 Å². The summed E-state index contributed by atoms with van der Waals surface area (Å²) in [5, 5.41) is 2.73. The van der Waals surface area contributed by atoms with Gasteiger partial charge in [-0.2, -0.15) is 0 Å². The Kier molecular flexibility index (Phi) is 5.82. The van der Waals surface area contributed by atoms with Gasteiger partial charge in [-0.05, 0) is 29.9 Å². The molecular weight excluding hydrogens is 372 g/mol. The van der Waals surface area contributed by atoms with E-state index in [-0.39, 0.29) is 25.3 Å². The average Bonchev–Trinajstić information content (AvgIpc) is 2.97. The Bertz CT molecular complexity index is 842. The van der Waals surface area contributed by atoms with Crippen molar-refractivity contribution in [1.82, 2.24) is 9.72 Å². The minimum atomic E-state index is -2.66. The van der Waals surface area contributed by atoms with Gasteiger partial charge in [0.1, 0.15) is 7.85 Å². The average molecular weight is 397 g/mol. The van der Waals surface area contributed by atoms with E-state index in [0.717, 1.165) is 5.69 Å². The molecule has 0 aromatic carbocycles. The van der Waals surface area contributed by atoms with Crippen LogP contribution in [0.3, 0.4) is 0 Å². The third-order valence-electron chi connectivity index (χ3n) is 5.31. The molecule has 27 heavy (non-hydrogen) atoms. The molecule has 0 aliphatic heterocycles. The first-order chi connectivity index (χ1) is 12.7. The fourth-order valence-electron chi connectivity index (χ4n) is 3.97. The third kappa shape index (κ3) is 4.46. The number of carbonyl (C=O) groups is 1. The Morgan fingerprint density at radius 1 is 1.44 bits per heavy atom. The number of halogens is 3. The van der Waals surface area contributed by atoms with E-state index in [2.05, 4.69) is 5.32 Å². The summed E-state index contributed by atoms with van der Waals surface area (Å²) in [6.07, 6.45) is 3.37. The summed E-state index contributed by atoms with van der Waals surface area (Å²) in [4.78, 5) is 12.8. The van der Waals surface area contributed by atoms with Gasteiger partial charge >= 0.3 is 0 Å². The molecule has 2 aromatic rings. The van der Waals surface area contributed by atoms with Crippen LogP contribution < -0.4 is 5.32 Å². The van der Waals surface area contributed by atoms with Crippen molar-refractivity contribution in [3.63, 3.8) is 0 Å². The molecule has 1 amide bonds. The van der Waals surface area contributed by atoms with Crippen LogP contribution in [0.2, 0.25) is 10.3 Å². The van der Waals surface area contributed by atoms with Gasteiger partial charge < -0.3 is 14.5 Å². The Labute approximate surface area is 163 Å². The number of rotatable bonds is 6. The first-order valence-electron chi connectivity index (χ1n) is 9.18. The molecule has 1 aliphatic rings. The van der Waals surface area contributed by atoms with E-state index in [4.69, 9.17) is 16.3 Å². The lowest BCUT2D eigenvalue weighted by Crippen LogP contribution is -2.40. The van der Waals surface area contributed by atoms with E-state index in [0.29, 0.717) is 42.0 Å². The van der Waals surface area contributed by atoms with E-state index >= 15 is 0 Å². The number of pyridine rings is 1. The molecule has 0 spiro atoms. The number of methoxy groups -OCH3 is 1. The number of hydrogen-bond acceptors (Lipinski definition) is 2. The number of ether oxygens (including phenoxy) is 1. The molecule has 1 aliphatic carbocycles. The Morgan fingerprint density at radius 2 is 2.22 bits per heavy atom. The number of nitrogens with one attached hydrogen (secondary N) is 1. The van der Waals surface area contributed by atoms with Crippen LogP contribution in [0.25, 0.3) is 5.52 Å². The summed E-state index contributed by atoms with van der Waals surface area (Å²) >= 11 is 6.34. The quantitative estimate of drug-likeness (QED) is 0.759. The minimum Gasteiger partial charge on any atom is -0.384 e. The van der Waals surface area contributed by atoms with Crippen LogP contribution in [0.15, 0.2) is 24.4 Å². The number of nitrogens with zero attached hydrogens (tertiary/aromatic N) is 1. The van der Waals surface area contributed by atoms with Crippen molar-refractivity contribution in [2.75, 3.05) is 20.3 Å². The van der Waals surface area contributed by atoms with E-state index in [1.807, 2.05) is 24.5 Å². The Balaban J connectivity index is 1.81. The molecule has 1 fully saturated rings. The molecule has 2 aromatic heterocycles. The molecular formula is C19H24BClF2N2O2. The van der Waals surface area contributed by atoms with E-state index in [9.17, 15) is 13.6 Å². The predicted octanol–water partition coefficient (Wildman–Crippen LogP) is 3.51. The second kappa shape index (κ2) is 7.80. The summed E-state index contributed by atoms with van der Waals surface area (Å²) in [5.41, 5.74) is 2.00. The molecule has 0 bridgehead atoms. The summed E-state index contributed by atoms with van der Waals surface area (Å²) in [6, 6.07) is 5.35. The lowest BCUT2D eigenvalue weighted by atomic mass is 9.59. The topological polar surface area (TPSA) is 42.7 Å². The van der Waals surface area contributed by atoms with Crippen LogP contribution in [-0.2, 0) is 11.2 Å². The molecule has 1 unspecified atom stereocenters. The molecule has 1 saturated carbocycles. The van der Waals surface area contributed by atoms with Gasteiger partial charge in [0.05, 0.1) is 22.7 Å². The molecule has 1 atom stereocenters. The molecule has 2 heterocycles. The zero-order valence-electron chi connectivity index (χ0n) is 15.7. The van der Waals surface area contributed by atoms with Crippen LogP contribution in [0.1, 0.15) is 41.7 Å². The normalized spacial score (nSPS) is 22.1. The highest BCUT2D eigenvalue weighted by atomic mass is 35.5. The van der Waals surface area contributed by atoms with Gasteiger partial charge in [-0.3, -0.25) is 4.79 Å². The van der Waals surface area contributed by atoms with Gasteiger partial charge in [-0.1, -0.05) is 18.0 Å². The van der Waals surface area contributed by atoms with Gasteiger partial charge in [0, 0.05) is 44.8 Å². The molecule has 4 nitrogen and oxygen atoms in total. The van der Waals surface area contributed by atoms with Crippen molar-refractivity contribution in [1.29, 1.82) is 0 Å². The van der Waals surface area contributed by atoms with Crippen molar-refractivity contribution >= 4 is 30.9 Å². The number of alkyl halides is 2. The lowest BCUT2D eigenvalue weighted by Gasteiger charge is -2.38. The fourth-order valence-corrected chi connectivity index (χ4v) is 4.24. The smallest absolute Gasteiger partial charge is 0.253 e. The largest absolute Gasteiger partial charge is 0.384 e. The van der Waals surface area contributed by atoms with E-state index < -0.39 is 11.2 Å². The monoisotopic (exact) mass is 396 g/mol. The predicted molar refractivity (Wildman–Crippen MR) is 105 cm³/mol. The maximum absolute atomic E-state index is 13.8. The maximum atomic E-state index is 13.8. The van der Waals surface area contributed by atoms with Crippen LogP contribution >= 0.6 is 11.6 Å². The first kappa shape index (κ1) is 20.1. The summed E-state index contributed by atoms with van der Waals surface area (Å²) < 4.78 is 34.6. The van der Waals surface area contributed by atoms with Gasteiger partial charge in [-0.15, -0.1) is 0 Å². The molecule has 0 saturated heterocycles. The van der Waals surface area contributed by atoms with E-state index in [1.165, 1.54) is 0 Å². The number of fused-ring (bicyclic) bond motifs is 1. The Morgan fingerprint density at radius 3 is 2.93 bits per heavy atom. The number of aromatic nitrogens is 1. The molecule has 1 N–H and O–H groups in total. The van der Waals surface area contributed by atoms with Crippen LogP contribution in [0, 0.1) is 0 Å². The molecule has 146 valence electrons. The van der Waals surface area contributed by atoms with Crippen LogP contribution in [0.5, 0.6) is 0 Å². The second-order valence-corrected chi connectivity index (χ2v) is 8.15. The van der Waals surface area contributed by atoms with Gasteiger partial charge in [0.2, 0.25) is 5.92 Å². The highest BCUT2D eigenvalue weighted by Crippen LogP contribution is 2.47. The number of carbonyl (C=O) groups excluding carboxylic acids is 1. The van der Waals surface area contributed by atoms with Crippen LogP contribution in [0.4, 0.5) is 8.78 Å². The first-order valence-corrected chi connectivity index (χ1v) is 9.56. The fraction of sp³-hybridized carbons (Fsp3) is 0.526. The van der Waals surface area contributed by atoms with Gasteiger partial charge in [-0.25, -0.2) is 8.78 Å². The highest BCUT2D eigenvalue weighted by molar-refractivity contribution is 6.35. The summed E-state index contributed by atoms with van der Waals surface area (Å²) in [5.74, 6) is -2.95. The maximum Gasteiger partial charge on any atom is 0.253 e. The number of hydrogen-bond donors (Lipinski definition) is 1. The molecule has 0 radical (unpaired) electrons. The zero-order valence-corrected chi connectivity index (χ0v) is 16.4. The molecule has 8 heteroatoms. The van der Waals surface area contributed by atoms with Gasteiger partial charge in [0.25, 0.3) is 5.91 Å². The summed E-state index contributed by atoms with van der Waals surface area (Å²) in [7, 11) is 3.44. The number of amides is 1. The van der Waals surface area contributed by atoms with Crippen molar-refractivity contribution in [2.45, 2.75) is 43.3 Å². The van der Waals surface area contributed by atoms with Crippen molar-refractivity contribution in [3.05, 3.63) is 40.7 Å². The molecule has 3 rings (SSSR count). The van der Waals surface area contributed by atoms with Crippen LogP contribution in [-0.4, -0.2) is 44.3 Å².